The van der Waals surface area contributed by atoms with Gasteiger partial charge in [0, 0.05) is 17.7 Å². The van der Waals surface area contributed by atoms with Gasteiger partial charge in [-0.2, -0.15) is 0 Å². The molecule has 0 bridgehead atoms. The van der Waals surface area contributed by atoms with Gasteiger partial charge in [0.15, 0.2) is 0 Å². The highest BCUT2D eigenvalue weighted by atomic mass is 19.1. The lowest BCUT2D eigenvalue weighted by molar-refractivity contribution is 0.0588. The molecular weight excluding hydrogens is 359 g/mol. The van der Waals surface area contributed by atoms with E-state index in [4.69, 9.17) is 4.74 Å². The van der Waals surface area contributed by atoms with Crippen LogP contribution in [-0.4, -0.2) is 9.55 Å². The zero-order valence-corrected chi connectivity index (χ0v) is 15.9. The average molecular weight is 382 g/mol. The zero-order chi connectivity index (χ0) is 20.1. The molecule has 3 rings (SSSR count). The quantitative estimate of drug-likeness (QED) is 0.680. The van der Waals surface area contributed by atoms with Crippen molar-refractivity contribution < 1.29 is 9.13 Å². The number of aromatic amines is 1. The Kier molecular flexibility index (Phi) is 6.21. The van der Waals surface area contributed by atoms with Crippen molar-refractivity contribution in [3.05, 3.63) is 104 Å². The number of H-pyrrole nitrogens is 1. The van der Waals surface area contributed by atoms with Gasteiger partial charge >= 0.3 is 5.69 Å². The number of hydrogen-bond donors (Lipinski definition) is 1. The highest BCUT2D eigenvalue weighted by Crippen LogP contribution is 2.18. The molecule has 0 saturated carbocycles. The summed E-state index contributed by atoms with van der Waals surface area (Å²) in [6.45, 7) is 4.07. The lowest BCUT2D eigenvalue weighted by Gasteiger charge is -2.18. The molecule has 1 heterocycles. The predicted octanol–water partition coefficient (Wildman–Crippen LogP) is 3.56. The van der Waals surface area contributed by atoms with Crippen LogP contribution in [0.4, 0.5) is 4.39 Å². The number of rotatable bonds is 7. The Labute approximate surface area is 162 Å². The van der Waals surface area contributed by atoms with E-state index < -0.39 is 5.69 Å². The second-order valence-corrected chi connectivity index (χ2v) is 6.97. The molecule has 1 aromatic heterocycles. The summed E-state index contributed by atoms with van der Waals surface area (Å²) in [5.41, 5.74) is 2.16. The molecule has 28 heavy (non-hydrogen) atoms. The third-order valence-electron chi connectivity index (χ3n) is 4.54. The molecule has 1 N–H and O–H groups in total. The van der Waals surface area contributed by atoms with Crippen LogP contribution >= 0.6 is 0 Å². The molecule has 0 aliphatic rings. The van der Waals surface area contributed by atoms with Crippen LogP contribution in [0.15, 0.2) is 64.2 Å². The van der Waals surface area contributed by atoms with Gasteiger partial charge in [-0.25, -0.2) is 9.18 Å². The number of nitrogens with one attached hydrogen (secondary N) is 1. The lowest BCUT2D eigenvalue weighted by atomic mass is 9.98. The SMILES string of the molecule is CC(C)c1c(Cc2ccccc2)n(COCc2ccc(F)cc2)c(=O)[nH]c1=O. The highest BCUT2D eigenvalue weighted by molar-refractivity contribution is 5.28. The van der Waals surface area contributed by atoms with Crippen molar-refractivity contribution in [3.8, 4) is 0 Å². The van der Waals surface area contributed by atoms with Gasteiger partial charge in [-0.15, -0.1) is 0 Å². The first-order chi connectivity index (χ1) is 13.5. The maximum absolute atomic E-state index is 13.0. The molecule has 0 unspecified atom stereocenters. The molecule has 2 aromatic carbocycles. The largest absolute Gasteiger partial charge is 0.356 e. The molecule has 0 radical (unpaired) electrons. The summed E-state index contributed by atoms with van der Waals surface area (Å²) < 4.78 is 20.2. The Morgan fingerprint density at radius 1 is 1.00 bits per heavy atom. The van der Waals surface area contributed by atoms with E-state index in [1.165, 1.54) is 16.7 Å². The zero-order valence-electron chi connectivity index (χ0n) is 15.9. The van der Waals surface area contributed by atoms with Gasteiger partial charge in [0.25, 0.3) is 5.56 Å². The fourth-order valence-corrected chi connectivity index (χ4v) is 3.18. The summed E-state index contributed by atoms with van der Waals surface area (Å²) in [4.78, 5) is 27.3. The molecule has 0 amide bonds. The van der Waals surface area contributed by atoms with Gasteiger partial charge in [-0.3, -0.25) is 14.3 Å². The van der Waals surface area contributed by atoms with E-state index >= 15 is 0 Å². The third-order valence-corrected chi connectivity index (χ3v) is 4.54. The van der Waals surface area contributed by atoms with Gasteiger partial charge in [-0.05, 0) is 29.2 Å². The van der Waals surface area contributed by atoms with Crippen molar-refractivity contribution in [1.29, 1.82) is 0 Å². The minimum absolute atomic E-state index is 0.00508. The minimum atomic E-state index is -0.501. The number of ether oxygens (including phenoxy) is 1. The predicted molar refractivity (Wildman–Crippen MR) is 106 cm³/mol. The standard InChI is InChI=1S/C22H23FN2O3/c1-15(2)20-19(12-16-6-4-3-5-7-16)25(22(27)24-21(20)26)14-28-13-17-8-10-18(23)11-9-17/h3-11,15H,12-14H2,1-2H3,(H,24,26,27). The van der Waals surface area contributed by atoms with Crippen LogP contribution in [0.5, 0.6) is 0 Å². The van der Waals surface area contributed by atoms with Crippen LogP contribution < -0.4 is 11.2 Å². The molecule has 0 spiro atoms. The van der Waals surface area contributed by atoms with E-state index in [1.807, 2.05) is 44.2 Å². The topological polar surface area (TPSA) is 64.1 Å². The maximum atomic E-state index is 13.0. The van der Waals surface area contributed by atoms with Crippen LogP contribution in [0.2, 0.25) is 0 Å². The number of benzene rings is 2. The molecule has 3 aromatic rings. The van der Waals surface area contributed by atoms with Gasteiger partial charge < -0.3 is 4.74 Å². The smallest absolute Gasteiger partial charge is 0.330 e. The Morgan fingerprint density at radius 2 is 1.68 bits per heavy atom. The summed E-state index contributed by atoms with van der Waals surface area (Å²) in [5.74, 6) is -0.362. The van der Waals surface area contributed by atoms with Gasteiger partial charge in [0.2, 0.25) is 0 Å². The van der Waals surface area contributed by atoms with Crippen LogP contribution in [0, 0.1) is 5.82 Å². The Balaban J connectivity index is 1.92. The molecule has 0 atom stereocenters. The molecule has 5 nitrogen and oxygen atoms in total. The number of aromatic nitrogens is 2. The van der Waals surface area contributed by atoms with E-state index in [1.54, 1.807) is 12.1 Å². The van der Waals surface area contributed by atoms with Crippen LogP contribution in [0.25, 0.3) is 0 Å². The number of hydrogen-bond acceptors (Lipinski definition) is 3. The molecule has 0 aliphatic heterocycles. The van der Waals surface area contributed by atoms with Crippen LogP contribution in [0.1, 0.15) is 42.1 Å². The fraction of sp³-hybridized carbons (Fsp3) is 0.273. The second-order valence-electron chi connectivity index (χ2n) is 6.97. The third kappa shape index (κ3) is 4.64. The average Bonchev–Trinajstić information content (AvgIpc) is 2.66. The summed E-state index contributed by atoms with van der Waals surface area (Å²) in [7, 11) is 0. The molecule has 0 aliphatic carbocycles. The highest BCUT2D eigenvalue weighted by Gasteiger charge is 2.18. The van der Waals surface area contributed by atoms with E-state index in [-0.39, 0.29) is 30.6 Å². The molecule has 0 fully saturated rings. The summed E-state index contributed by atoms with van der Waals surface area (Å²) in [6.07, 6.45) is 0.452. The van der Waals surface area contributed by atoms with Crippen molar-refractivity contribution in [2.45, 2.75) is 39.5 Å². The van der Waals surface area contributed by atoms with Crippen molar-refractivity contribution >= 4 is 0 Å². The fourth-order valence-electron chi connectivity index (χ4n) is 3.18. The Morgan fingerprint density at radius 3 is 2.32 bits per heavy atom. The summed E-state index contributed by atoms with van der Waals surface area (Å²) >= 11 is 0. The van der Waals surface area contributed by atoms with Crippen molar-refractivity contribution in [1.82, 2.24) is 9.55 Å². The van der Waals surface area contributed by atoms with Crippen molar-refractivity contribution in [2.75, 3.05) is 0 Å². The minimum Gasteiger partial charge on any atom is -0.356 e. The first kappa shape index (κ1) is 19.8. The van der Waals surface area contributed by atoms with Gasteiger partial charge in [0.1, 0.15) is 12.5 Å². The molecule has 146 valence electrons. The first-order valence-electron chi connectivity index (χ1n) is 9.17. The Bertz CT molecular complexity index is 1040. The molecule has 6 heteroatoms. The van der Waals surface area contributed by atoms with E-state index in [0.717, 1.165) is 11.1 Å². The summed E-state index contributed by atoms with van der Waals surface area (Å²) in [6, 6.07) is 15.7. The van der Waals surface area contributed by atoms with E-state index in [2.05, 4.69) is 4.98 Å². The van der Waals surface area contributed by atoms with Gasteiger partial charge in [0.05, 0.1) is 6.61 Å². The van der Waals surface area contributed by atoms with Crippen LogP contribution in [-0.2, 0) is 24.5 Å². The molecular formula is C22H23FN2O3. The van der Waals surface area contributed by atoms with E-state index in [9.17, 15) is 14.0 Å². The molecule has 0 saturated heterocycles. The normalized spacial score (nSPS) is 11.1. The maximum Gasteiger partial charge on any atom is 0.330 e. The van der Waals surface area contributed by atoms with Crippen molar-refractivity contribution in [3.63, 3.8) is 0 Å². The number of halogens is 1. The summed E-state index contributed by atoms with van der Waals surface area (Å²) in [5, 5.41) is 0. The Hall–Kier alpha value is -2.99. The van der Waals surface area contributed by atoms with Crippen LogP contribution in [0.3, 0.4) is 0 Å². The van der Waals surface area contributed by atoms with E-state index in [0.29, 0.717) is 17.7 Å². The van der Waals surface area contributed by atoms with Gasteiger partial charge in [-0.1, -0.05) is 56.3 Å². The number of nitrogens with zero attached hydrogens (tertiary/aromatic N) is 1. The van der Waals surface area contributed by atoms with Crippen molar-refractivity contribution in [2.24, 2.45) is 0 Å². The monoisotopic (exact) mass is 382 g/mol. The first-order valence-corrected chi connectivity index (χ1v) is 9.17. The second kappa shape index (κ2) is 8.80. The lowest BCUT2D eigenvalue weighted by Crippen LogP contribution is -2.36.